The molecule has 1 amide bonds. The second kappa shape index (κ2) is 9.23. The van der Waals surface area contributed by atoms with Crippen LogP contribution in [0.1, 0.15) is 16.1 Å². The number of aromatic nitrogens is 1. The number of pyridine rings is 1. The maximum absolute atomic E-state index is 13.2. The number of amides is 1. The summed E-state index contributed by atoms with van der Waals surface area (Å²) in [6, 6.07) is 6.27. The Bertz CT molecular complexity index is 905. The highest BCUT2D eigenvalue weighted by atomic mass is 35.5. The minimum absolute atomic E-state index is 0.0835. The lowest BCUT2D eigenvalue weighted by Gasteiger charge is -2.10. The SMILES string of the molecule is CN(C)CCNC(=O)c1ccc(CNS(=O)(=O)c2ccc(F)c(Cl)c2)nc1. The lowest BCUT2D eigenvalue weighted by atomic mass is 10.2. The lowest BCUT2D eigenvalue weighted by Crippen LogP contribution is -2.31. The molecule has 146 valence electrons. The first kappa shape index (κ1) is 21.2. The maximum Gasteiger partial charge on any atom is 0.252 e. The molecule has 1 aromatic carbocycles. The highest BCUT2D eigenvalue weighted by molar-refractivity contribution is 7.89. The largest absolute Gasteiger partial charge is 0.351 e. The molecule has 2 N–H and O–H groups in total. The van der Waals surface area contributed by atoms with Crippen LogP contribution < -0.4 is 10.0 Å². The summed E-state index contributed by atoms with van der Waals surface area (Å²) in [6.07, 6.45) is 1.38. The van der Waals surface area contributed by atoms with Crippen molar-refractivity contribution in [2.45, 2.75) is 11.4 Å². The number of halogens is 2. The van der Waals surface area contributed by atoms with Crippen LogP contribution in [-0.4, -0.2) is 51.4 Å². The summed E-state index contributed by atoms with van der Waals surface area (Å²) in [4.78, 5) is 17.9. The Morgan fingerprint density at radius 2 is 2.00 bits per heavy atom. The molecule has 0 aliphatic carbocycles. The Morgan fingerprint density at radius 3 is 2.59 bits per heavy atom. The van der Waals surface area contributed by atoms with Crippen molar-refractivity contribution in [3.63, 3.8) is 0 Å². The molecule has 2 aromatic rings. The number of carbonyl (C=O) groups excluding carboxylic acids is 1. The number of hydrogen-bond donors (Lipinski definition) is 2. The van der Waals surface area contributed by atoms with E-state index in [2.05, 4.69) is 15.0 Å². The van der Waals surface area contributed by atoms with Crippen LogP contribution in [0, 0.1) is 5.82 Å². The summed E-state index contributed by atoms with van der Waals surface area (Å²) < 4.78 is 40.0. The van der Waals surface area contributed by atoms with E-state index in [1.165, 1.54) is 6.20 Å². The van der Waals surface area contributed by atoms with Crippen LogP contribution in [0.2, 0.25) is 5.02 Å². The summed E-state index contributed by atoms with van der Waals surface area (Å²) in [5.74, 6) is -0.950. The van der Waals surface area contributed by atoms with E-state index in [-0.39, 0.29) is 22.4 Å². The number of nitrogens with one attached hydrogen (secondary N) is 2. The molecule has 0 radical (unpaired) electrons. The van der Waals surface area contributed by atoms with Crippen molar-refractivity contribution in [3.8, 4) is 0 Å². The Kier molecular flexibility index (Phi) is 7.25. The van der Waals surface area contributed by atoms with E-state index in [0.717, 1.165) is 18.2 Å². The van der Waals surface area contributed by atoms with Crippen LogP contribution >= 0.6 is 11.6 Å². The molecule has 0 spiro atoms. The fraction of sp³-hybridized carbons (Fsp3) is 0.294. The van der Waals surface area contributed by atoms with Gasteiger partial charge in [-0.1, -0.05) is 11.6 Å². The molecule has 1 aromatic heterocycles. The number of carbonyl (C=O) groups is 1. The Balaban J connectivity index is 1.96. The lowest BCUT2D eigenvalue weighted by molar-refractivity contribution is 0.0950. The number of hydrogen-bond acceptors (Lipinski definition) is 5. The van der Waals surface area contributed by atoms with Gasteiger partial charge in [0, 0.05) is 19.3 Å². The zero-order chi connectivity index (χ0) is 20.0. The van der Waals surface area contributed by atoms with Gasteiger partial charge in [-0.05, 0) is 44.4 Å². The van der Waals surface area contributed by atoms with Crippen molar-refractivity contribution in [3.05, 3.63) is 58.6 Å². The smallest absolute Gasteiger partial charge is 0.252 e. The van der Waals surface area contributed by atoms with Gasteiger partial charge in [-0.2, -0.15) is 0 Å². The van der Waals surface area contributed by atoms with Gasteiger partial charge in [-0.3, -0.25) is 9.78 Å². The molecule has 0 aliphatic rings. The van der Waals surface area contributed by atoms with Crippen molar-refractivity contribution in [1.82, 2.24) is 19.9 Å². The molecule has 0 fully saturated rings. The minimum atomic E-state index is -3.87. The van der Waals surface area contributed by atoms with Crippen molar-refractivity contribution >= 4 is 27.5 Å². The number of sulfonamides is 1. The van der Waals surface area contributed by atoms with Crippen molar-refractivity contribution in [1.29, 1.82) is 0 Å². The van der Waals surface area contributed by atoms with Gasteiger partial charge in [0.15, 0.2) is 0 Å². The Morgan fingerprint density at radius 1 is 1.26 bits per heavy atom. The summed E-state index contributed by atoms with van der Waals surface area (Å²) in [6.45, 7) is 1.14. The Labute approximate surface area is 162 Å². The molecule has 0 unspecified atom stereocenters. The van der Waals surface area contributed by atoms with Gasteiger partial charge in [-0.25, -0.2) is 17.5 Å². The minimum Gasteiger partial charge on any atom is -0.351 e. The highest BCUT2D eigenvalue weighted by Crippen LogP contribution is 2.19. The molecule has 0 bridgehead atoms. The molecular weight excluding hydrogens is 395 g/mol. The van der Waals surface area contributed by atoms with E-state index in [9.17, 15) is 17.6 Å². The Hall–Kier alpha value is -2.07. The summed E-state index contributed by atoms with van der Waals surface area (Å²) in [5, 5.41) is 2.48. The van der Waals surface area contributed by atoms with Crippen LogP contribution in [0.5, 0.6) is 0 Å². The van der Waals surface area contributed by atoms with E-state index in [1.807, 2.05) is 19.0 Å². The number of nitrogens with zero attached hydrogens (tertiary/aromatic N) is 2. The first-order valence-electron chi connectivity index (χ1n) is 8.01. The second-order valence-corrected chi connectivity index (χ2v) is 8.17. The quantitative estimate of drug-likeness (QED) is 0.685. The molecule has 1 heterocycles. The fourth-order valence-corrected chi connectivity index (χ4v) is 3.32. The van der Waals surface area contributed by atoms with Gasteiger partial charge < -0.3 is 10.2 Å². The first-order chi connectivity index (χ1) is 12.7. The van der Waals surface area contributed by atoms with Gasteiger partial charge in [0.2, 0.25) is 10.0 Å². The molecule has 10 heteroatoms. The summed E-state index contributed by atoms with van der Waals surface area (Å²) in [5.41, 5.74) is 0.808. The highest BCUT2D eigenvalue weighted by Gasteiger charge is 2.16. The average molecular weight is 415 g/mol. The molecule has 0 saturated heterocycles. The van der Waals surface area contributed by atoms with Crippen LogP contribution in [0.4, 0.5) is 4.39 Å². The number of rotatable bonds is 8. The van der Waals surface area contributed by atoms with Crippen LogP contribution in [-0.2, 0) is 16.6 Å². The summed E-state index contributed by atoms with van der Waals surface area (Å²) in [7, 11) is -0.0570. The number of benzene rings is 1. The molecule has 2 rings (SSSR count). The normalized spacial score (nSPS) is 11.6. The molecular formula is C17H20ClFN4O3S. The van der Waals surface area contributed by atoms with Crippen molar-refractivity contribution in [2.24, 2.45) is 0 Å². The van der Waals surface area contributed by atoms with Gasteiger partial charge in [0.05, 0.1) is 27.7 Å². The number of likely N-dealkylation sites (N-methyl/N-ethyl adjacent to an activating group) is 1. The zero-order valence-electron chi connectivity index (χ0n) is 14.9. The van der Waals surface area contributed by atoms with Crippen molar-refractivity contribution < 1.29 is 17.6 Å². The zero-order valence-corrected chi connectivity index (χ0v) is 16.4. The predicted molar refractivity (Wildman–Crippen MR) is 101 cm³/mol. The molecule has 0 atom stereocenters. The standard InChI is InChI=1S/C17H20ClFN4O3S/c1-23(2)8-7-20-17(24)12-3-4-13(21-10-12)11-22-27(25,26)14-5-6-16(19)15(18)9-14/h3-6,9-10,22H,7-8,11H2,1-2H3,(H,20,24). The van der Waals surface area contributed by atoms with Gasteiger partial charge >= 0.3 is 0 Å². The van der Waals surface area contributed by atoms with E-state index in [0.29, 0.717) is 24.3 Å². The maximum atomic E-state index is 13.2. The third kappa shape index (κ3) is 6.24. The van der Waals surface area contributed by atoms with Crippen LogP contribution in [0.15, 0.2) is 41.4 Å². The van der Waals surface area contributed by atoms with E-state index < -0.39 is 15.8 Å². The van der Waals surface area contributed by atoms with Gasteiger partial charge in [0.1, 0.15) is 5.82 Å². The van der Waals surface area contributed by atoms with Crippen LogP contribution in [0.3, 0.4) is 0 Å². The monoisotopic (exact) mass is 414 g/mol. The second-order valence-electron chi connectivity index (χ2n) is 6.00. The molecule has 27 heavy (non-hydrogen) atoms. The first-order valence-corrected chi connectivity index (χ1v) is 9.88. The van der Waals surface area contributed by atoms with E-state index in [4.69, 9.17) is 11.6 Å². The van der Waals surface area contributed by atoms with Gasteiger partial charge in [0.25, 0.3) is 5.91 Å². The third-order valence-electron chi connectivity index (χ3n) is 3.58. The van der Waals surface area contributed by atoms with E-state index in [1.54, 1.807) is 12.1 Å². The molecule has 0 saturated carbocycles. The third-order valence-corrected chi connectivity index (χ3v) is 5.26. The van der Waals surface area contributed by atoms with E-state index >= 15 is 0 Å². The summed E-state index contributed by atoms with van der Waals surface area (Å²) >= 11 is 5.62. The molecule has 0 aliphatic heterocycles. The topological polar surface area (TPSA) is 91.4 Å². The average Bonchev–Trinajstić information content (AvgIpc) is 2.62. The predicted octanol–water partition coefficient (Wildman–Crippen LogP) is 1.64. The van der Waals surface area contributed by atoms with Crippen LogP contribution in [0.25, 0.3) is 0 Å². The van der Waals surface area contributed by atoms with Gasteiger partial charge in [-0.15, -0.1) is 0 Å². The fourth-order valence-electron chi connectivity index (χ4n) is 2.05. The van der Waals surface area contributed by atoms with Crippen molar-refractivity contribution in [2.75, 3.05) is 27.2 Å². The molecule has 7 nitrogen and oxygen atoms in total.